The van der Waals surface area contributed by atoms with Crippen LogP contribution in [0, 0.1) is 0 Å². The number of aromatic nitrogens is 2. The first-order valence-electron chi connectivity index (χ1n) is 7.64. The zero-order chi connectivity index (χ0) is 18.6. The Morgan fingerprint density at radius 3 is 2.77 bits per heavy atom. The average Bonchev–Trinajstić information content (AvgIpc) is 3.09. The van der Waals surface area contributed by atoms with E-state index in [1.165, 1.54) is 0 Å². The van der Waals surface area contributed by atoms with Crippen molar-refractivity contribution in [3.05, 3.63) is 65.0 Å². The van der Waals surface area contributed by atoms with Crippen molar-refractivity contribution in [2.24, 2.45) is 0 Å². The topological polar surface area (TPSA) is 94.3 Å². The standard InChI is InChI=1S/C17H16ClN3O4S/c1-24-15-7-3-5-13(9-15)17-20-16(25-21-17)10-19-26(22,23)11-12-4-2-6-14(18)8-12/h2-9,19H,10-11H2,1H3. The lowest BCUT2D eigenvalue weighted by atomic mass is 10.2. The number of hydrogen-bond acceptors (Lipinski definition) is 6. The van der Waals surface area contributed by atoms with Gasteiger partial charge in [0.1, 0.15) is 5.75 Å². The van der Waals surface area contributed by atoms with Gasteiger partial charge in [-0.15, -0.1) is 0 Å². The van der Waals surface area contributed by atoms with Gasteiger partial charge in [-0.05, 0) is 29.8 Å². The molecular weight excluding hydrogens is 378 g/mol. The molecule has 3 rings (SSSR count). The van der Waals surface area contributed by atoms with Crippen LogP contribution < -0.4 is 9.46 Å². The van der Waals surface area contributed by atoms with Crippen molar-refractivity contribution < 1.29 is 17.7 Å². The fraction of sp³-hybridized carbons (Fsp3) is 0.176. The molecule has 2 aromatic carbocycles. The minimum atomic E-state index is -3.57. The molecule has 0 bridgehead atoms. The van der Waals surface area contributed by atoms with E-state index in [2.05, 4.69) is 14.9 Å². The zero-order valence-corrected chi connectivity index (χ0v) is 15.4. The van der Waals surface area contributed by atoms with E-state index in [0.29, 0.717) is 27.7 Å². The minimum Gasteiger partial charge on any atom is -0.497 e. The van der Waals surface area contributed by atoms with Crippen LogP contribution in [-0.4, -0.2) is 25.7 Å². The molecular formula is C17H16ClN3O4S. The van der Waals surface area contributed by atoms with Crippen LogP contribution >= 0.6 is 11.6 Å². The molecule has 9 heteroatoms. The smallest absolute Gasteiger partial charge is 0.242 e. The highest BCUT2D eigenvalue weighted by Crippen LogP contribution is 2.21. The van der Waals surface area contributed by atoms with Crippen LogP contribution in [0.3, 0.4) is 0 Å². The van der Waals surface area contributed by atoms with Gasteiger partial charge in [0.05, 0.1) is 19.4 Å². The van der Waals surface area contributed by atoms with Crippen LogP contribution in [0.2, 0.25) is 5.02 Å². The molecule has 0 aliphatic rings. The van der Waals surface area contributed by atoms with Crippen LogP contribution in [0.4, 0.5) is 0 Å². The van der Waals surface area contributed by atoms with Crippen molar-refractivity contribution >= 4 is 21.6 Å². The molecule has 26 heavy (non-hydrogen) atoms. The summed E-state index contributed by atoms with van der Waals surface area (Å²) in [5.41, 5.74) is 1.30. The number of hydrogen-bond donors (Lipinski definition) is 1. The molecule has 0 saturated carbocycles. The first-order chi connectivity index (χ1) is 12.4. The van der Waals surface area contributed by atoms with Gasteiger partial charge in [0, 0.05) is 10.6 Å². The molecule has 0 fully saturated rings. The molecule has 0 saturated heterocycles. The maximum absolute atomic E-state index is 12.2. The lowest BCUT2D eigenvalue weighted by Crippen LogP contribution is -2.24. The van der Waals surface area contributed by atoms with E-state index in [1.54, 1.807) is 55.6 Å². The van der Waals surface area contributed by atoms with Crippen molar-refractivity contribution in [2.45, 2.75) is 12.3 Å². The van der Waals surface area contributed by atoms with Gasteiger partial charge in [-0.1, -0.05) is 41.0 Å². The molecule has 0 unspecified atom stereocenters. The zero-order valence-electron chi connectivity index (χ0n) is 13.8. The molecule has 0 radical (unpaired) electrons. The average molecular weight is 394 g/mol. The van der Waals surface area contributed by atoms with Crippen molar-refractivity contribution in [1.82, 2.24) is 14.9 Å². The maximum Gasteiger partial charge on any atom is 0.242 e. The Labute approximate surface area is 156 Å². The number of rotatable bonds is 7. The normalized spacial score (nSPS) is 11.5. The number of sulfonamides is 1. The lowest BCUT2D eigenvalue weighted by Gasteiger charge is -2.05. The summed E-state index contributed by atoms with van der Waals surface area (Å²) in [6, 6.07) is 13.9. The predicted octanol–water partition coefficient (Wildman–Crippen LogP) is 3.02. The number of nitrogens with zero attached hydrogens (tertiary/aromatic N) is 2. The predicted molar refractivity (Wildman–Crippen MR) is 97.2 cm³/mol. The monoisotopic (exact) mass is 393 g/mol. The largest absolute Gasteiger partial charge is 0.497 e. The summed E-state index contributed by atoms with van der Waals surface area (Å²) in [5, 5.41) is 4.35. The van der Waals surface area contributed by atoms with Gasteiger partial charge in [0.2, 0.25) is 21.7 Å². The summed E-state index contributed by atoms with van der Waals surface area (Å²) in [5.74, 6) is 0.992. The molecule has 136 valence electrons. The Hall–Kier alpha value is -2.42. The molecule has 3 aromatic rings. The Bertz CT molecular complexity index is 1000. The fourth-order valence-corrected chi connectivity index (χ4v) is 3.55. The number of halogens is 1. The SMILES string of the molecule is COc1cccc(-c2noc(CNS(=O)(=O)Cc3cccc(Cl)c3)n2)c1. The second kappa shape index (κ2) is 7.86. The van der Waals surface area contributed by atoms with Gasteiger partial charge in [-0.2, -0.15) is 4.98 Å². The maximum atomic E-state index is 12.2. The quantitative estimate of drug-likeness (QED) is 0.663. The van der Waals surface area contributed by atoms with E-state index in [0.717, 1.165) is 0 Å². The van der Waals surface area contributed by atoms with Crippen LogP contribution in [-0.2, 0) is 22.3 Å². The number of nitrogens with one attached hydrogen (secondary N) is 1. The molecule has 7 nitrogen and oxygen atoms in total. The minimum absolute atomic E-state index is 0.0974. The highest BCUT2D eigenvalue weighted by atomic mass is 35.5. The summed E-state index contributed by atoms with van der Waals surface area (Å²) in [6.07, 6.45) is 0. The van der Waals surface area contributed by atoms with Crippen LogP contribution in [0.15, 0.2) is 53.1 Å². The summed E-state index contributed by atoms with van der Waals surface area (Å²) in [4.78, 5) is 4.20. The van der Waals surface area contributed by atoms with E-state index < -0.39 is 10.0 Å². The van der Waals surface area contributed by atoms with E-state index in [-0.39, 0.29) is 18.2 Å². The van der Waals surface area contributed by atoms with Crippen LogP contribution in [0.5, 0.6) is 5.75 Å². The molecule has 0 atom stereocenters. The molecule has 1 heterocycles. The Morgan fingerprint density at radius 1 is 1.19 bits per heavy atom. The molecule has 0 amide bonds. The van der Waals surface area contributed by atoms with Crippen molar-refractivity contribution in [2.75, 3.05) is 7.11 Å². The third-order valence-corrected chi connectivity index (χ3v) is 5.02. The molecule has 0 aliphatic heterocycles. The van der Waals surface area contributed by atoms with Crippen LogP contribution in [0.1, 0.15) is 11.5 Å². The number of benzene rings is 2. The van der Waals surface area contributed by atoms with Gasteiger partial charge in [-0.25, -0.2) is 13.1 Å². The van der Waals surface area contributed by atoms with Gasteiger partial charge in [0.15, 0.2) is 0 Å². The Balaban J connectivity index is 1.65. The third-order valence-electron chi connectivity index (χ3n) is 3.49. The van der Waals surface area contributed by atoms with Crippen molar-refractivity contribution in [3.63, 3.8) is 0 Å². The van der Waals surface area contributed by atoms with Crippen LogP contribution in [0.25, 0.3) is 11.4 Å². The third kappa shape index (κ3) is 4.81. The summed E-state index contributed by atoms with van der Waals surface area (Å²) < 4.78 is 37.1. The highest BCUT2D eigenvalue weighted by Gasteiger charge is 2.15. The Kier molecular flexibility index (Phi) is 5.55. The van der Waals surface area contributed by atoms with Crippen molar-refractivity contribution in [1.29, 1.82) is 0 Å². The molecule has 0 spiro atoms. The summed E-state index contributed by atoms with van der Waals surface area (Å²) in [6.45, 7) is -0.0974. The number of ether oxygens (including phenoxy) is 1. The van der Waals surface area contributed by atoms with E-state index in [1.807, 2.05) is 0 Å². The second-order valence-corrected chi connectivity index (χ2v) is 7.70. The van der Waals surface area contributed by atoms with Gasteiger partial charge in [0.25, 0.3) is 0 Å². The lowest BCUT2D eigenvalue weighted by molar-refractivity contribution is 0.376. The summed E-state index contributed by atoms with van der Waals surface area (Å²) >= 11 is 5.87. The first-order valence-corrected chi connectivity index (χ1v) is 9.67. The molecule has 1 N–H and O–H groups in total. The first kappa shape index (κ1) is 18.4. The summed E-state index contributed by atoms with van der Waals surface area (Å²) in [7, 11) is -2.01. The second-order valence-electron chi connectivity index (χ2n) is 5.45. The van der Waals surface area contributed by atoms with Gasteiger partial charge in [-0.3, -0.25) is 0 Å². The van der Waals surface area contributed by atoms with E-state index in [4.69, 9.17) is 20.9 Å². The van der Waals surface area contributed by atoms with E-state index >= 15 is 0 Å². The molecule has 0 aliphatic carbocycles. The number of methoxy groups -OCH3 is 1. The Morgan fingerprint density at radius 2 is 2.00 bits per heavy atom. The molecule has 1 aromatic heterocycles. The van der Waals surface area contributed by atoms with Crippen molar-refractivity contribution in [3.8, 4) is 17.1 Å². The highest BCUT2D eigenvalue weighted by molar-refractivity contribution is 7.88. The van der Waals surface area contributed by atoms with Gasteiger partial charge < -0.3 is 9.26 Å². The fourth-order valence-electron chi connectivity index (χ4n) is 2.27. The van der Waals surface area contributed by atoms with Gasteiger partial charge >= 0.3 is 0 Å². The van der Waals surface area contributed by atoms with E-state index in [9.17, 15) is 8.42 Å².